The summed E-state index contributed by atoms with van der Waals surface area (Å²) in [6.45, 7) is 3.66. The normalized spacial score (nSPS) is 10.4. The lowest BCUT2D eigenvalue weighted by Crippen LogP contribution is -1.96. The van der Waals surface area contributed by atoms with Gasteiger partial charge in [-0.2, -0.15) is 0 Å². The predicted octanol–water partition coefficient (Wildman–Crippen LogP) is 4.42. The van der Waals surface area contributed by atoms with Crippen molar-refractivity contribution in [1.29, 1.82) is 0 Å². The highest BCUT2D eigenvalue weighted by atomic mass is 35.5. The fourth-order valence-electron chi connectivity index (χ4n) is 1.72. The largest absolute Gasteiger partial charge is 0.398 e. The van der Waals surface area contributed by atoms with Crippen LogP contribution in [0.1, 0.15) is 11.1 Å². The molecule has 0 atom stereocenters. The van der Waals surface area contributed by atoms with Crippen LogP contribution < -0.4 is 11.1 Å². The van der Waals surface area contributed by atoms with Gasteiger partial charge in [-0.15, -0.1) is 0 Å². The Hall–Kier alpha value is -1.74. The lowest BCUT2D eigenvalue weighted by Gasteiger charge is -2.12. The number of anilines is 3. The van der Waals surface area contributed by atoms with Gasteiger partial charge in [0.1, 0.15) is 5.82 Å². The Morgan fingerprint density at radius 3 is 2.50 bits per heavy atom. The van der Waals surface area contributed by atoms with Crippen LogP contribution >= 0.6 is 11.6 Å². The van der Waals surface area contributed by atoms with E-state index >= 15 is 0 Å². The third-order valence-electron chi connectivity index (χ3n) is 2.78. The number of aryl methyl sites for hydroxylation is 2. The SMILES string of the molecule is Cc1cc(Nc2cc(Cl)c(N)cc2C)ccc1F. The second kappa shape index (κ2) is 4.86. The Bertz CT molecular complexity index is 597. The zero-order valence-electron chi connectivity index (χ0n) is 10.2. The van der Waals surface area contributed by atoms with Gasteiger partial charge >= 0.3 is 0 Å². The van der Waals surface area contributed by atoms with Crippen LogP contribution in [-0.2, 0) is 0 Å². The Labute approximate surface area is 111 Å². The first-order chi connectivity index (χ1) is 8.47. The standard InChI is InChI=1S/C14H14ClFN2/c1-8-5-10(3-4-12(8)16)18-14-7-11(15)13(17)6-9(14)2/h3-7,18H,17H2,1-2H3. The van der Waals surface area contributed by atoms with Crippen LogP contribution in [0.2, 0.25) is 5.02 Å². The number of hydrogen-bond acceptors (Lipinski definition) is 2. The first-order valence-electron chi connectivity index (χ1n) is 5.56. The van der Waals surface area contributed by atoms with Crippen molar-refractivity contribution in [3.8, 4) is 0 Å². The van der Waals surface area contributed by atoms with Gasteiger partial charge in [0.2, 0.25) is 0 Å². The van der Waals surface area contributed by atoms with Gasteiger partial charge in [0.05, 0.1) is 10.7 Å². The Morgan fingerprint density at radius 1 is 1.11 bits per heavy atom. The maximum atomic E-state index is 13.2. The molecule has 0 saturated heterocycles. The summed E-state index contributed by atoms with van der Waals surface area (Å²) in [4.78, 5) is 0. The Balaban J connectivity index is 2.34. The smallest absolute Gasteiger partial charge is 0.126 e. The molecule has 2 aromatic rings. The molecule has 0 saturated carbocycles. The third kappa shape index (κ3) is 2.57. The summed E-state index contributed by atoms with van der Waals surface area (Å²) in [5.41, 5.74) is 9.53. The van der Waals surface area contributed by atoms with Gasteiger partial charge in [0.25, 0.3) is 0 Å². The van der Waals surface area contributed by atoms with Crippen molar-refractivity contribution in [2.24, 2.45) is 0 Å². The van der Waals surface area contributed by atoms with E-state index in [2.05, 4.69) is 5.32 Å². The fourth-order valence-corrected chi connectivity index (χ4v) is 1.88. The number of rotatable bonds is 2. The number of nitrogen functional groups attached to an aromatic ring is 1. The molecule has 0 radical (unpaired) electrons. The Morgan fingerprint density at radius 2 is 1.83 bits per heavy atom. The van der Waals surface area contributed by atoms with Gasteiger partial charge in [-0.1, -0.05) is 11.6 Å². The summed E-state index contributed by atoms with van der Waals surface area (Å²) in [5, 5.41) is 3.70. The van der Waals surface area contributed by atoms with Crippen molar-refractivity contribution in [2.45, 2.75) is 13.8 Å². The summed E-state index contributed by atoms with van der Waals surface area (Å²) in [5.74, 6) is -0.215. The predicted molar refractivity (Wildman–Crippen MR) is 75.0 cm³/mol. The van der Waals surface area contributed by atoms with Gasteiger partial charge in [-0.25, -0.2) is 4.39 Å². The second-order valence-corrected chi connectivity index (χ2v) is 4.68. The molecule has 2 aromatic carbocycles. The average Bonchev–Trinajstić information content (AvgIpc) is 2.31. The van der Waals surface area contributed by atoms with Gasteiger partial charge < -0.3 is 11.1 Å². The molecule has 0 aromatic heterocycles. The molecular weight excluding hydrogens is 251 g/mol. The van der Waals surface area contributed by atoms with Crippen molar-refractivity contribution in [1.82, 2.24) is 0 Å². The minimum absolute atomic E-state index is 0.215. The van der Waals surface area contributed by atoms with Crippen molar-refractivity contribution in [2.75, 3.05) is 11.1 Å². The van der Waals surface area contributed by atoms with Crippen molar-refractivity contribution < 1.29 is 4.39 Å². The molecule has 0 aliphatic carbocycles. The molecule has 0 fully saturated rings. The molecule has 0 aliphatic rings. The summed E-state index contributed by atoms with van der Waals surface area (Å²) in [6, 6.07) is 8.45. The van der Waals surface area contributed by atoms with Crippen LogP contribution in [0.25, 0.3) is 0 Å². The second-order valence-electron chi connectivity index (χ2n) is 4.28. The molecule has 0 unspecified atom stereocenters. The van der Waals surface area contributed by atoms with E-state index in [0.29, 0.717) is 16.3 Å². The molecule has 0 amide bonds. The molecule has 18 heavy (non-hydrogen) atoms. The minimum atomic E-state index is -0.215. The molecule has 0 bridgehead atoms. The quantitative estimate of drug-likeness (QED) is 0.788. The zero-order chi connectivity index (χ0) is 13.3. The summed E-state index contributed by atoms with van der Waals surface area (Å²) < 4.78 is 13.2. The van der Waals surface area contributed by atoms with Gasteiger partial charge in [0.15, 0.2) is 0 Å². The molecule has 0 aliphatic heterocycles. The first-order valence-corrected chi connectivity index (χ1v) is 5.94. The topological polar surface area (TPSA) is 38.0 Å². The fraction of sp³-hybridized carbons (Fsp3) is 0.143. The number of halogens is 2. The van der Waals surface area contributed by atoms with Crippen LogP contribution in [0.3, 0.4) is 0 Å². The van der Waals surface area contributed by atoms with Crippen molar-refractivity contribution in [3.05, 3.63) is 52.3 Å². The summed E-state index contributed by atoms with van der Waals surface area (Å²) in [6.07, 6.45) is 0. The third-order valence-corrected chi connectivity index (χ3v) is 3.11. The molecular formula is C14H14ClFN2. The first kappa shape index (κ1) is 12.7. The molecule has 3 N–H and O–H groups in total. The minimum Gasteiger partial charge on any atom is -0.398 e. The molecule has 0 spiro atoms. The molecule has 2 rings (SSSR count). The summed E-state index contributed by atoms with van der Waals surface area (Å²) >= 11 is 5.98. The van der Waals surface area contributed by atoms with Crippen LogP contribution in [0, 0.1) is 19.7 Å². The summed E-state index contributed by atoms with van der Waals surface area (Å²) in [7, 11) is 0. The molecule has 4 heteroatoms. The van der Waals surface area contributed by atoms with Crippen LogP contribution in [0.5, 0.6) is 0 Å². The molecule has 0 heterocycles. The number of hydrogen-bond donors (Lipinski definition) is 2. The lowest BCUT2D eigenvalue weighted by atomic mass is 10.1. The van der Waals surface area contributed by atoms with Crippen LogP contribution in [-0.4, -0.2) is 0 Å². The maximum absolute atomic E-state index is 13.2. The van der Waals surface area contributed by atoms with Gasteiger partial charge in [-0.05, 0) is 55.3 Å². The zero-order valence-corrected chi connectivity index (χ0v) is 11.0. The molecule has 94 valence electrons. The van der Waals surface area contributed by atoms with E-state index in [9.17, 15) is 4.39 Å². The lowest BCUT2D eigenvalue weighted by molar-refractivity contribution is 0.619. The highest BCUT2D eigenvalue weighted by Gasteiger charge is 2.05. The van der Waals surface area contributed by atoms with Crippen LogP contribution in [0.4, 0.5) is 21.5 Å². The van der Waals surface area contributed by atoms with Crippen molar-refractivity contribution >= 4 is 28.7 Å². The number of nitrogens with one attached hydrogen (secondary N) is 1. The highest BCUT2D eigenvalue weighted by Crippen LogP contribution is 2.29. The maximum Gasteiger partial charge on any atom is 0.126 e. The van der Waals surface area contributed by atoms with E-state index in [-0.39, 0.29) is 5.82 Å². The van der Waals surface area contributed by atoms with E-state index in [1.165, 1.54) is 6.07 Å². The Kier molecular flexibility index (Phi) is 3.43. The van der Waals surface area contributed by atoms with E-state index in [1.807, 2.05) is 6.92 Å². The highest BCUT2D eigenvalue weighted by molar-refractivity contribution is 6.33. The number of benzene rings is 2. The van der Waals surface area contributed by atoms with Gasteiger partial charge in [-0.3, -0.25) is 0 Å². The van der Waals surface area contributed by atoms with E-state index in [0.717, 1.165) is 16.9 Å². The van der Waals surface area contributed by atoms with E-state index < -0.39 is 0 Å². The van der Waals surface area contributed by atoms with Crippen LogP contribution in [0.15, 0.2) is 30.3 Å². The van der Waals surface area contributed by atoms with E-state index in [1.54, 1.807) is 31.2 Å². The van der Waals surface area contributed by atoms with Gasteiger partial charge in [0, 0.05) is 11.4 Å². The monoisotopic (exact) mass is 264 g/mol. The average molecular weight is 265 g/mol. The van der Waals surface area contributed by atoms with Crippen molar-refractivity contribution in [3.63, 3.8) is 0 Å². The molecule has 2 nitrogen and oxygen atoms in total. The number of nitrogens with two attached hydrogens (primary N) is 1. The van der Waals surface area contributed by atoms with E-state index in [4.69, 9.17) is 17.3 Å².